The summed E-state index contributed by atoms with van der Waals surface area (Å²) < 4.78 is 5.08. The number of hydrogen-bond donors (Lipinski definition) is 1. The van der Waals surface area contributed by atoms with Crippen LogP contribution in [0.2, 0.25) is 10.0 Å². The van der Waals surface area contributed by atoms with Crippen LogP contribution < -0.4 is 10.1 Å². The van der Waals surface area contributed by atoms with Crippen LogP contribution in [0, 0.1) is 0 Å². The molecule has 1 amide bonds. The Hall–Kier alpha value is -1.75. The maximum atomic E-state index is 12.1. The summed E-state index contributed by atoms with van der Waals surface area (Å²) in [7, 11) is 3.44. The molecule has 4 nitrogen and oxygen atoms in total. The first-order valence-corrected chi connectivity index (χ1v) is 7.80. The molecule has 6 heteroatoms. The SMILES string of the molecule is COc1ccc(NC(=O)CN(C)Cc2c(Cl)cccc2Cl)cc1. The molecule has 0 bridgehead atoms. The molecule has 0 spiro atoms. The molecule has 2 aromatic carbocycles. The molecule has 0 aliphatic heterocycles. The highest BCUT2D eigenvalue weighted by molar-refractivity contribution is 6.35. The number of carbonyl (C=O) groups excluding carboxylic acids is 1. The molecule has 0 aliphatic carbocycles. The van der Waals surface area contributed by atoms with Crippen molar-refractivity contribution < 1.29 is 9.53 Å². The van der Waals surface area contributed by atoms with E-state index in [0.717, 1.165) is 17.0 Å². The Bertz CT molecular complexity index is 655. The maximum absolute atomic E-state index is 12.1. The maximum Gasteiger partial charge on any atom is 0.238 e. The third-order valence-corrected chi connectivity index (χ3v) is 3.99. The Balaban J connectivity index is 1.91. The molecule has 0 fully saturated rings. The van der Waals surface area contributed by atoms with E-state index < -0.39 is 0 Å². The Morgan fingerprint density at radius 2 is 1.74 bits per heavy atom. The third-order valence-electron chi connectivity index (χ3n) is 3.28. The fourth-order valence-corrected chi connectivity index (χ4v) is 2.65. The van der Waals surface area contributed by atoms with Crippen LogP contribution in [0.25, 0.3) is 0 Å². The van der Waals surface area contributed by atoms with E-state index in [9.17, 15) is 4.79 Å². The molecule has 0 saturated carbocycles. The average molecular weight is 353 g/mol. The van der Waals surface area contributed by atoms with E-state index >= 15 is 0 Å². The van der Waals surface area contributed by atoms with Crippen molar-refractivity contribution in [2.75, 3.05) is 26.0 Å². The topological polar surface area (TPSA) is 41.6 Å². The van der Waals surface area contributed by atoms with Gasteiger partial charge in [-0.05, 0) is 43.4 Å². The van der Waals surface area contributed by atoms with Crippen LogP contribution in [0.15, 0.2) is 42.5 Å². The van der Waals surface area contributed by atoms with Crippen molar-refractivity contribution >= 4 is 34.8 Å². The summed E-state index contributed by atoms with van der Waals surface area (Å²) in [5.41, 5.74) is 1.54. The van der Waals surface area contributed by atoms with Crippen LogP contribution in [0.4, 0.5) is 5.69 Å². The van der Waals surface area contributed by atoms with E-state index in [4.69, 9.17) is 27.9 Å². The van der Waals surface area contributed by atoms with Crippen LogP contribution in [0.3, 0.4) is 0 Å². The first-order valence-electron chi connectivity index (χ1n) is 7.05. The van der Waals surface area contributed by atoms with Gasteiger partial charge in [-0.25, -0.2) is 0 Å². The highest BCUT2D eigenvalue weighted by Gasteiger charge is 2.12. The zero-order valence-electron chi connectivity index (χ0n) is 13.0. The van der Waals surface area contributed by atoms with Gasteiger partial charge in [-0.2, -0.15) is 0 Å². The molecule has 0 heterocycles. The van der Waals surface area contributed by atoms with Gasteiger partial charge in [0.15, 0.2) is 0 Å². The van der Waals surface area contributed by atoms with Crippen LogP contribution in [-0.2, 0) is 11.3 Å². The Morgan fingerprint density at radius 1 is 1.13 bits per heavy atom. The minimum absolute atomic E-state index is 0.110. The molecule has 2 rings (SSSR count). The second-order valence-electron chi connectivity index (χ2n) is 5.15. The minimum Gasteiger partial charge on any atom is -0.497 e. The number of methoxy groups -OCH3 is 1. The summed E-state index contributed by atoms with van der Waals surface area (Å²) in [6.07, 6.45) is 0. The summed E-state index contributed by atoms with van der Waals surface area (Å²) >= 11 is 12.3. The predicted molar refractivity (Wildman–Crippen MR) is 94.4 cm³/mol. The molecule has 0 radical (unpaired) electrons. The molecular formula is C17H18Cl2N2O2. The van der Waals surface area contributed by atoms with E-state index in [1.165, 1.54) is 0 Å². The first-order chi connectivity index (χ1) is 11.0. The quantitative estimate of drug-likeness (QED) is 0.851. The van der Waals surface area contributed by atoms with Crippen molar-refractivity contribution in [2.24, 2.45) is 0 Å². The number of carbonyl (C=O) groups is 1. The van der Waals surface area contributed by atoms with Gasteiger partial charge >= 0.3 is 0 Å². The molecular weight excluding hydrogens is 335 g/mol. The lowest BCUT2D eigenvalue weighted by Crippen LogP contribution is -2.30. The van der Waals surface area contributed by atoms with Crippen LogP contribution in [-0.4, -0.2) is 31.5 Å². The molecule has 122 valence electrons. The Labute approximate surface area is 146 Å². The lowest BCUT2D eigenvalue weighted by molar-refractivity contribution is -0.117. The summed E-state index contributed by atoms with van der Waals surface area (Å²) in [5.74, 6) is 0.634. The number of rotatable bonds is 6. The number of anilines is 1. The van der Waals surface area contributed by atoms with E-state index in [0.29, 0.717) is 16.6 Å². The van der Waals surface area contributed by atoms with Crippen LogP contribution >= 0.6 is 23.2 Å². The number of amides is 1. The Kier molecular flexibility index (Phi) is 6.28. The van der Waals surface area contributed by atoms with E-state index in [1.54, 1.807) is 49.6 Å². The van der Waals surface area contributed by atoms with Gasteiger partial charge in [0.05, 0.1) is 13.7 Å². The largest absolute Gasteiger partial charge is 0.497 e. The standard InChI is InChI=1S/C17H18Cl2N2O2/c1-21(10-14-15(18)4-3-5-16(14)19)11-17(22)20-12-6-8-13(23-2)9-7-12/h3-9H,10-11H2,1-2H3,(H,20,22). The molecule has 1 N–H and O–H groups in total. The van der Waals surface area contributed by atoms with Crippen molar-refractivity contribution in [3.05, 3.63) is 58.1 Å². The first kappa shape index (κ1) is 17.6. The average Bonchev–Trinajstić information content (AvgIpc) is 2.51. The number of nitrogens with one attached hydrogen (secondary N) is 1. The zero-order valence-corrected chi connectivity index (χ0v) is 14.5. The normalized spacial score (nSPS) is 10.7. The Morgan fingerprint density at radius 3 is 2.30 bits per heavy atom. The highest BCUT2D eigenvalue weighted by atomic mass is 35.5. The molecule has 0 aliphatic rings. The van der Waals surface area contributed by atoms with Gasteiger partial charge < -0.3 is 10.1 Å². The van der Waals surface area contributed by atoms with Crippen molar-refractivity contribution in [1.82, 2.24) is 4.90 Å². The third kappa shape index (κ3) is 5.13. The van der Waals surface area contributed by atoms with Gasteiger partial charge in [-0.1, -0.05) is 29.3 Å². The second kappa shape index (κ2) is 8.20. The van der Waals surface area contributed by atoms with Gasteiger partial charge in [0.25, 0.3) is 0 Å². The number of hydrogen-bond acceptors (Lipinski definition) is 3. The van der Waals surface area contributed by atoms with E-state index in [-0.39, 0.29) is 12.5 Å². The summed E-state index contributed by atoms with van der Waals surface area (Å²) in [6.45, 7) is 0.724. The van der Waals surface area contributed by atoms with Crippen molar-refractivity contribution in [3.63, 3.8) is 0 Å². The van der Waals surface area contributed by atoms with E-state index in [1.807, 2.05) is 11.9 Å². The molecule has 0 aromatic heterocycles. The monoisotopic (exact) mass is 352 g/mol. The van der Waals surface area contributed by atoms with Crippen LogP contribution in [0.5, 0.6) is 5.75 Å². The van der Waals surface area contributed by atoms with Gasteiger partial charge in [0.1, 0.15) is 5.75 Å². The van der Waals surface area contributed by atoms with E-state index in [2.05, 4.69) is 5.32 Å². The predicted octanol–water partition coefficient (Wildman–Crippen LogP) is 4.07. The molecule has 2 aromatic rings. The minimum atomic E-state index is -0.110. The van der Waals surface area contributed by atoms with Crippen molar-refractivity contribution in [1.29, 1.82) is 0 Å². The van der Waals surface area contributed by atoms with Gasteiger partial charge in [0, 0.05) is 27.8 Å². The summed E-state index contributed by atoms with van der Waals surface area (Å²) in [4.78, 5) is 13.9. The lowest BCUT2D eigenvalue weighted by atomic mass is 10.2. The molecule has 0 unspecified atom stereocenters. The lowest BCUT2D eigenvalue weighted by Gasteiger charge is -2.18. The summed E-state index contributed by atoms with van der Waals surface area (Å²) in [6, 6.07) is 12.5. The number of likely N-dealkylation sites (N-methyl/N-ethyl adjacent to an activating group) is 1. The fourth-order valence-electron chi connectivity index (χ4n) is 2.13. The number of nitrogens with zero attached hydrogens (tertiary/aromatic N) is 1. The second-order valence-corrected chi connectivity index (χ2v) is 5.96. The van der Waals surface area contributed by atoms with Crippen molar-refractivity contribution in [2.45, 2.75) is 6.54 Å². The fraction of sp³-hybridized carbons (Fsp3) is 0.235. The van der Waals surface area contributed by atoms with Gasteiger partial charge in [-0.15, -0.1) is 0 Å². The number of benzene rings is 2. The molecule has 0 saturated heterocycles. The van der Waals surface area contributed by atoms with Crippen molar-refractivity contribution in [3.8, 4) is 5.75 Å². The zero-order chi connectivity index (χ0) is 16.8. The molecule has 0 atom stereocenters. The van der Waals surface area contributed by atoms with Gasteiger partial charge in [0.2, 0.25) is 5.91 Å². The van der Waals surface area contributed by atoms with Crippen LogP contribution in [0.1, 0.15) is 5.56 Å². The number of halogens is 2. The number of ether oxygens (including phenoxy) is 1. The van der Waals surface area contributed by atoms with Gasteiger partial charge in [-0.3, -0.25) is 9.69 Å². The summed E-state index contributed by atoms with van der Waals surface area (Å²) in [5, 5.41) is 4.03. The highest BCUT2D eigenvalue weighted by Crippen LogP contribution is 2.25. The smallest absolute Gasteiger partial charge is 0.238 e. The molecule has 23 heavy (non-hydrogen) atoms.